The van der Waals surface area contributed by atoms with Gasteiger partial charge in [0.1, 0.15) is 0 Å². The summed E-state index contributed by atoms with van der Waals surface area (Å²) in [5.74, 6) is 0.111. The number of benzene rings is 1. The quantitative estimate of drug-likeness (QED) is 0.874. The number of fused-ring (bicyclic) bond motifs is 1. The van der Waals surface area contributed by atoms with E-state index in [1.54, 1.807) is 0 Å². The fraction of sp³-hybridized carbons (Fsp3) is 0.533. The standard InChI is InChI=1S/C15H22N2O.ClH/c1-15(2,3)10-17-14(18)13-8-11-6-4-5-7-12(11)9-16-13;/h4-7,13,16H,8-10H2,1-3H3,(H,17,18);1H. The first-order chi connectivity index (χ1) is 8.46. The van der Waals surface area contributed by atoms with Gasteiger partial charge in [-0.15, -0.1) is 12.4 Å². The highest BCUT2D eigenvalue weighted by molar-refractivity contribution is 5.85. The van der Waals surface area contributed by atoms with E-state index in [0.717, 1.165) is 13.0 Å². The van der Waals surface area contributed by atoms with Crippen molar-refractivity contribution in [2.45, 2.75) is 39.8 Å². The van der Waals surface area contributed by atoms with Gasteiger partial charge in [0.2, 0.25) is 5.91 Å². The Bertz CT molecular complexity index is 440. The van der Waals surface area contributed by atoms with Crippen molar-refractivity contribution in [1.82, 2.24) is 10.6 Å². The van der Waals surface area contributed by atoms with Crippen LogP contribution in [-0.4, -0.2) is 18.5 Å². The lowest BCUT2D eigenvalue weighted by molar-refractivity contribution is -0.123. The maximum absolute atomic E-state index is 12.1. The van der Waals surface area contributed by atoms with Crippen molar-refractivity contribution in [3.63, 3.8) is 0 Å². The number of halogens is 1. The van der Waals surface area contributed by atoms with Crippen LogP contribution in [0, 0.1) is 5.41 Å². The van der Waals surface area contributed by atoms with Gasteiger partial charge in [0.05, 0.1) is 6.04 Å². The first kappa shape index (κ1) is 16.0. The van der Waals surface area contributed by atoms with Crippen LogP contribution in [0.15, 0.2) is 24.3 Å². The van der Waals surface area contributed by atoms with Gasteiger partial charge in [-0.3, -0.25) is 4.79 Å². The monoisotopic (exact) mass is 282 g/mol. The number of carbonyl (C=O) groups excluding carboxylic acids is 1. The minimum absolute atomic E-state index is 0. The van der Waals surface area contributed by atoms with E-state index in [9.17, 15) is 4.79 Å². The Balaban J connectivity index is 0.00000180. The largest absolute Gasteiger partial charge is 0.354 e. The topological polar surface area (TPSA) is 41.1 Å². The molecule has 1 aliphatic heterocycles. The van der Waals surface area contributed by atoms with Gasteiger partial charge in [-0.25, -0.2) is 0 Å². The SMILES string of the molecule is CC(C)(C)CNC(=O)C1Cc2ccccc2CN1.Cl. The zero-order valence-electron chi connectivity index (χ0n) is 11.8. The molecule has 0 radical (unpaired) electrons. The highest BCUT2D eigenvalue weighted by Gasteiger charge is 2.24. The second-order valence-electron chi connectivity index (χ2n) is 6.18. The van der Waals surface area contributed by atoms with Crippen molar-refractivity contribution in [1.29, 1.82) is 0 Å². The molecule has 19 heavy (non-hydrogen) atoms. The summed E-state index contributed by atoms with van der Waals surface area (Å²) < 4.78 is 0. The van der Waals surface area contributed by atoms with Crippen molar-refractivity contribution >= 4 is 18.3 Å². The van der Waals surface area contributed by atoms with Crippen LogP contribution in [0.1, 0.15) is 31.9 Å². The Kier molecular flexibility index (Phi) is 5.39. The molecule has 3 nitrogen and oxygen atoms in total. The number of hydrogen-bond acceptors (Lipinski definition) is 2. The molecule has 0 bridgehead atoms. The number of rotatable bonds is 2. The Morgan fingerprint density at radius 1 is 1.32 bits per heavy atom. The molecular formula is C15H23ClN2O. The first-order valence-corrected chi connectivity index (χ1v) is 6.53. The van der Waals surface area contributed by atoms with E-state index in [-0.39, 0.29) is 29.8 Å². The Morgan fingerprint density at radius 3 is 2.58 bits per heavy atom. The molecule has 1 aromatic rings. The third kappa shape index (κ3) is 4.51. The molecule has 2 N–H and O–H groups in total. The molecule has 1 unspecified atom stereocenters. The average Bonchev–Trinajstić information content (AvgIpc) is 2.34. The van der Waals surface area contributed by atoms with E-state index in [1.165, 1.54) is 11.1 Å². The Hall–Kier alpha value is -1.06. The van der Waals surface area contributed by atoms with Crippen LogP contribution in [-0.2, 0) is 17.8 Å². The molecule has 2 rings (SSSR count). The summed E-state index contributed by atoms with van der Waals surface area (Å²) in [7, 11) is 0. The molecule has 4 heteroatoms. The third-order valence-electron chi connectivity index (χ3n) is 3.19. The van der Waals surface area contributed by atoms with E-state index < -0.39 is 0 Å². The van der Waals surface area contributed by atoms with Crippen LogP contribution < -0.4 is 10.6 Å². The molecule has 0 saturated carbocycles. The highest BCUT2D eigenvalue weighted by atomic mass is 35.5. The fourth-order valence-electron chi connectivity index (χ4n) is 2.12. The summed E-state index contributed by atoms with van der Waals surface area (Å²) in [6.45, 7) is 7.86. The third-order valence-corrected chi connectivity index (χ3v) is 3.19. The molecule has 1 aliphatic rings. The lowest BCUT2D eigenvalue weighted by atomic mass is 9.94. The molecule has 106 valence electrons. The number of hydrogen-bond donors (Lipinski definition) is 2. The Morgan fingerprint density at radius 2 is 1.95 bits per heavy atom. The average molecular weight is 283 g/mol. The lowest BCUT2D eigenvalue weighted by Gasteiger charge is -2.27. The summed E-state index contributed by atoms with van der Waals surface area (Å²) in [5, 5.41) is 6.32. The van der Waals surface area contributed by atoms with Crippen molar-refractivity contribution in [3.8, 4) is 0 Å². The normalized spacial score (nSPS) is 18.2. The second-order valence-corrected chi connectivity index (χ2v) is 6.18. The van der Waals surface area contributed by atoms with Gasteiger partial charge >= 0.3 is 0 Å². The lowest BCUT2D eigenvalue weighted by Crippen LogP contribution is -2.49. The molecule has 1 atom stereocenters. The molecule has 1 aromatic carbocycles. The highest BCUT2D eigenvalue weighted by Crippen LogP contribution is 2.16. The van der Waals surface area contributed by atoms with Crippen molar-refractivity contribution in [2.75, 3.05) is 6.54 Å². The van der Waals surface area contributed by atoms with E-state index in [4.69, 9.17) is 0 Å². The van der Waals surface area contributed by atoms with Crippen LogP contribution in [0.25, 0.3) is 0 Å². The van der Waals surface area contributed by atoms with Gasteiger partial charge in [-0.1, -0.05) is 45.0 Å². The summed E-state index contributed by atoms with van der Waals surface area (Å²) >= 11 is 0. The van der Waals surface area contributed by atoms with E-state index >= 15 is 0 Å². The van der Waals surface area contributed by atoms with Gasteiger partial charge in [-0.05, 0) is 23.0 Å². The van der Waals surface area contributed by atoms with Crippen molar-refractivity contribution in [3.05, 3.63) is 35.4 Å². The number of nitrogens with one attached hydrogen (secondary N) is 2. The summed E-state index contributed by atoms with van der Waals surface area (Å²) in [6, 6.07) is 8.21. The van der Waals surface area contributed by atoms with E-state index in [0.29, 0.717) is 6.54 Å². The minimum atomic E-state index is -0.0951. The van der Waals surface area contributed by atoms with Gasteiger partial charge in [0, 0.05) is 13.1 Å². The van der Waals surface area contributed by atoms with Crippen LogP contribution >= 0.6 is 12.4 Å². The molecule has 0 aliphatic carbocycles. The maximum Gasteiger partial charge on any atom is 0.237 e. The Labute approximate surface area is 121 Å². The molecule has 0 spiro atoms. The van der Waals surface area contributed by atoms with Crippen LogP contribution in [0.5, 0.6) is 0 Å². The second kappa shape index (κ2) is 6.40. The minimum Gasteiger partial charge on any atom is -0.354 e. The summed E-state index contributed by atoms with van der Waals surface area (Å²) in [4.78, 5) is 12.1. The molecule has 1 amide bonds. The zero-order valence-corrected chi connectivity index (χ0v) is 12.6. The smallest absolute Gasteiger partial charge is 0.237 e. The fourth-order valence-corrected chi connectivity index (χ4v) is 2.12. The van der Waals surface area contributed by atoms with Crippen LogP contribution in [0.4, 0.5) is 0 Å². The predicted molar refractivity (Wildman–Crippen MR) is 80.5 cm³/mol. The van der Waals surface area contributed by atoms with E-state index in [2.05, 4.69) is 43.5 Å². The summed E-state index contributed by atoms with van der Waals surface area (Å²) in [6.07, 6.45) is 0.784. The molecule has 0 aromatic heterocycles. The van der Waals surface area contributed by atoms with Gasteiger partial charge in [0.25, 0.3) is 0 Å². The van der Waals surface area contributed by atoms with Gasteiger partial charge in [-0.2, -0.15) is 0 Å². The molecule has 1 heterocycles. The zero-order chi connectivity index (χ0) is 13.2. The number of carbonyl (C=O) groups is 1. The molecular weight excluding hydrogens is 260 g/mol. The van der Waals surface area contributed by atoms with Crippen molar-refractivity contribution in [2.24, 2.45) is 5.41 Å². The van der Waals surface area contributed by atoms with Crippen molar-refractivity contribution < 1.29 is 4.79 Å². The van der Waals surface area contributed by atoms with Crippen LogP contribution in [0.3, 0.4) is 0 Å². The van der Waals surface area contributed by atoms with Gasteiger partial charge < -0.3 is 10.6 Å². The molecule has 0 fully saturated rings. The van der Waals surface area contributed by atoms with E-state index in [1.807, 2.05) is 12.1 Å². The first-order valence-electron chi connectivity index (χ1n) is 6.53. The van der Waals surface area contributed by atoms with Crippen LogP contribution in [0.2, 0.25) is 0 Å². The molecule has 0 saturated heterocycles. The van der Waals surface area contributed by atoms with Gasteiger partial charge in [0.15, 0.2) is 0 Å². The predicted octanol–water partition coefficient (Wildman–Crippen LogP) is 2.29. The number of amides is 1. The summed E-state index contributed by atoms with van der Waals surface area (Å²) in [5.41, 5.74) is 2.71. The maximum atomic E-state index is 12.1.